The van der Waals surface area contributed by atoms with Crippen LogP contribution < -0.4 is 10.2 Å². The summed E-state index contributed by atoms with van der Waals surface area (Å²) < 4.78 is 5.39. The maximum Gasteiger partial charge on any atom is 0.182 e. The van der Waals surface area contributed by atoms with Gasteiger partial charge < -0.3 is 15.0 Å². The Morgan fingerprint density at radius 1 is 1.32 bits per heavy atom. The average molecular weight is 275 g/mol. The van der Waals surface area contributed by atoms with Crippen molar-refractivity contribution >= 4 is 22.2 Å². The summed E-state index contributed by atoms with van der Waals surface area (Å²) in [6.45, 7) is 4.40. The van der Waals surface area contributed by atoms with E-state index in [1.807, 2.05) is 11.6 Å². The van der Waals surface area contributed by atoms with E-state index in [2.05, 4.69) is 39.5 Å². The molecule has 0 saturated carbocycles. The van der Waals surface area contributed by atoms with Crippen LogP contribution in [0.1, 0.15) is 5.56 Å². The van der Waals surface area contributed by atoms with Crippen molar-refractivity contribution in [3.05, 3.63) is 41.4 Å². The van der Waals surface area contributed by atoms with Crippen LogP contribution in [0.4, 0.5) is 10.8 Å². The lowest BCUT2D eigenvalue weighted by atomic mass is 10.2. The molecule has 0 spiro atoms. The SMILES string of the molecule is c1cc(CNc2nccs2)cc(N2CCOCC2)c1. The number of thiazole rings is 1. The van der Waals surface area contributed by atoms with Crippen molar-refractivity contribution in [2.24, 2.45) is 0 Å². The first kappa shape index (κ1) is 12.4. The molecule has 1 aromatic heterocycles. The van der Waals surface area contributed by atoms with Gasteiger partial charge in [-0.05, 0) is 17.7 Å². The number of hydrogen-bond donors (Lipinski definition) is 1. The van der Waals surface area contributed by atoms with Crippen molar-refractivity contribution < 1.29 is 4.74 Å². The summed E-state index contributed by atoms with van der Waals surface area (Å²) in [7, 11) is 0. The van der Waals surface area contributed by atoms with Crippen molar-refractivity contribution in [3.63, 3.8) is 0 Å². The first-order chi connectivity index (χ1) is 9.42. The predicted molar refractivity (Wildman–Crippen MR) is 78.9 cm³/mol. The topological polar surface area (TPSA) is 37.4 Å². The van der Waals surface area contributed by atoms with E-state index >= 15 is 0 Å². The summed E-state index contributed by atoms with van der Waals surface area (Å²) in [5, 5.41) is 6.28. The molecule has 19 heavy (non-hydrogen) atoms. The van der Waals surface area contributed by atoms with Gasteiger partial charge in [0.2, 0.25) is 0 Å². The van der Waals surface area contributed by atoms with Crippen LogP contribution in [-0.4, -0.2) is 31.3 Å². The van der Waals surface area contributed by atoms with E-state index in [0.29, 0.717) is 0 Å². The molecule has 2 aromatic rings. The van der Waals surface area contributed by atoms with Crippen LogP contribution in [0, 0.1) is 0 Å². The summed E-state index contributed by atoms with van der Waals surface area (Å²) in [5.74, 6) is 0. The Morgan fingerprint density at radius 2 is 2.21 bits per heavy atom. The number of ether oxygens (including phenoxy) is 1. The monoisotopic (exact) mass is 275 g/mol. The first-order valence-corrected chi connectivity index (χ1v) is 7.35. The van der Waals surface area contributed by atoms with Crippen LogP contribution in [0.3, 0.4) is 0 Å². The number of benzene rings is 1. The molecule has 1 saturated heterocycles. The zero-order valence-corrected chi connectivity index (χ0v) is 11.5. The Morgan fingerprint density at radius 3 is 3.00 bits per heavy atom. The molecule has 0 aliphatic carbocycles. The third-order valence-electron chi connectivity index (χ3n) is 3.16. The zero-order valence-electron chi connectivity index (χ0n) is 10.7. The van der Waals surface area contributed by atoms with Gasteiger partial charge in [-0.2, -0.15) is 0 Å². The Kier molecular flexibility index (Phi) is 3.95. The fourth-order valence-corrected chi connectivity index (χ4v) is 2.70. The Bertz CT molecular complexity index is 509. The smallest absolute Gasteiger partial charge is 0.182 e. The van der Waals surface area contributed by atoms with Gasteiger partial charge in [0.15, 0.2) is 5.13 Å². The third kappa shape index (κ3) is 3.24. The van der Waals surface area contributed by atoms with Gasteiger partial charge >= 0.3 is 0 Å². The molecule has 1 aliphatic heterocycles. The van der Waals surface area contributed by atoms with Gasteiger partial charge in [0.1, 0.15) is 0 Å². The Labute approximate surface area is 117 Å². The van der Waals surface area contributed by atoms with E-state index in [1.54, 1.807) is 11.3 Å². The second kappa shape index (κ2) is 6.04. The highest BCUT2D eigenvalue weighted by Gasteiger charge is 2.11. The molecule has 3 rings (SSSR count). The van der Waals surface area contributed by atoms with E-state index in [1.165, 1.54) is 11.3 Å². The molecule has 1 fully saturated rings. The second-order valence-electron chi connectivity index (χ2n) is 4.46. The fraction of sp³-hybridized carbons (Fsp3) is 0.357. The first-order valence-electron chi connectivity index (χ1n) is 6.47. The van der Waals surface area contributed by atoms with Crippen molar-refractivity contribution in [3.8, 4) is 0 Å². The molecule has 2 heterocycles. The number of morpholine rings is 1. The van der Waals surface area contributed by atoms with Gasteiger partial charge in [-0.25, -0.2) is 4.98 Å². The lowest BCUT2D eigenvalue weighted by molar-refractivity contribution is 0.122. The summed E-state index contributed by atoms with van der Waals surface area (Å²) in [5.41, 5.74) is 2.56. The van der Waals surface area contributed by atoms with Gasteiger partial charge in [-0.1, -0.05) is 12.1 Å². The van der Waals surface area contributed by atoms with Crippen LogP contribution in [0.25, 0.3) is 0 Å². The summed E-state index contributed by atoms with van der Waals surface area (Å²) >= 11 is 1.63. The van der Waals surface area contributed by atoms with E-state index in [-0.39, 0.29) is 0 Å². The highest BCUT2D eigenvalue weighted by molar-refractivity contribution is 7.13. The molecule has 1 aromatic carbocycles. The van der Waals surface area contributed by atoms with Gasteiger partial charge in [0, 0.05) is 36.9 Å². The summed E-state index contributed by atoms with van der Waals surface area (Å²) in [6.07, 6.45) is 1.82. The molecule has 100 valence electrons. The van der Waals surface area contributed by atoms with Crippen LogP contribution in [-0.2, 0) is 11.3 Å². The average Bonchev–Trinajstić information content (AvgIpc) is 3.00. The quantitative estimate of drug-likeness (QED) is 0.930. The van der Waals surface area contributed by atoms with Crippen molar-refractivity contribution in [2.45, 2.75) is 6.54 Å². The maximum atomic E-state index is 5.39. The number of anilines is 2. The molecule has 1 aliphatic rings. The summed E-state index contributed by atoms with van der Waals surface area (Å²) in [4.78, 5) is 6.60. The van der Waals surface area contributed by atoms with E-state index in [0.717, 1.165) is 38.0 Å². The van der Waals surface area contributed by atoms with Gasteiger partial charge in [0.25, 0.3) is 0 Å². The Balaban J connectivity index is 1.65. The van der Waals surface area contributed by atoms with Crippen LogP contribution in [0.15, 0.2) is 35.8 Å². The molecule has 0 radical (unpaired) electrons. The van der Waals surface area contributed by atoms with Gasteiger partial charge in [0.05, 0.1) is 13.2 Å². The second-order valence-corrected chi connectivity index (χ2v) is 5.35. The van der Waals surface area contributed by atoms with Crippen LogP contribution in [0.2, 0.25) is 0 Å². The van der Waals surface area contributed by atoms with E-state index in [9.17, 15) is 0 Å². The van der Waals surface area contributed by atoms with E-state index in [4.69, 9.17) is 4.74 Å². The highest BCUT2D eigenvalue weighted by atomic mass is 32.1. The Hall–Kier alpha value is -1.59. The van der Waals surface area contributed by atoms with Crippen molar-refractivity contribution in [2.75, 3.05) is 36.5 Å². The minimum absolute atomic E-state index is 0.811. The lowest BCUT2D eigenvalue weighted by Crippen LogP contribution is -2.36. The lowest BCUT2D eigenvalue weighted by Gasteiger charge is -2.29. The predicted octanol–water partition coefficient (Wildman–Crippen LogP) is 2.59. The summed E-state index contributed by atoms with van der Waals surface area (Å²) in [6, 6.07) is 8.67. The number of hydrogen-bond acceptors (Lipinski definition) is 5. The normalized spacial score (nSPS) is 15.5. The number of nitrogens with one attached hydrogen (secondary N) is 1. The fourth-order valence-electron chi connectivity index (χ4n) is 2.17. The number of nitrogens with zero attached hydrogens (tertiary/aromatic N) is 2. The van der Waals surface area contributed by atoms with Gasteiger partial charge in [-0.3, -0.25) is 0 Å². The highest BCUT2D eigenvalue weighted by Crippen LogP contribution is 2.19. The molecule has 0 bridgehead atoms. The largest absolute Gasteiger partial charge is 0.378 e. The van der Waals surface area contributed by atoms with Gasteiger partial charge in [-0.15, -0.1) is 11.3 Å². The molecule has 5 heteroatoms. The molecule has 0 unspecified atom stereocenters. The third-order valence-corrected chi connectivity index (χ3v) is 3.89. The maximum absolute atomic E-state index is 5.39. The number of rotatable bonds is 4. The molecule has 0 atom stereocenters. The number of aromatic nitrogens is 1. The van der Waals surface area contributed by atoms with E-state index < -0.39 is 0 Å². The minimum Gasteiger partial charge on any atom is -0.378 e. The minimum atomic E-state index is 0.811. The molecule has 1 N–H and O–H groups in total. The molecular formula is C14H17N3OS. The van der Waals surface area contributed by atoms with Crippen LogP contribution >= 0.6 is 11.3 Å². The molecular weight excluding hydrogens is 258 g/mol. The van der Waals surface area contributed by atoms with Crippen LogP contribution in [0.5, 0.6) is 0 Å². The molecule has 0 amide bonds. The van der Waals surface area contributed by atoms with Crippen molar-refractivity contribution in [1.29, 1.82) is 0 Å². The molecule has 4 nitrogen and oxygen atoms in total. The zero-order chi connectivity index (χ0) is 12.9. The standard InChI is InChI=1S/C14H17N3OS/c1-2-12(11-16-14-15-4-9-19-14)10-13(3-1)17-5-7-18-8-6-17/h1-4,9-10H,5-8,11H2,(H,15,16). The van der Waals surface area contributed by atoms with Crippen molar-refractivity contribution in [1.82, 2.24) is 4.98 Å².